The third kappa shape index (κ3) is 5.14. The second kappa shape index (κ2) is 9.46. The van der Waals surface area contributed by atoms with Crippen LogP contribution in [0.25, 0.3) is 11.4 Å². The molecular formula is C27H40N4O. The average Bonchev–Trinajstić information content (AvgIpc) is 3.36. The van der Waals surface area contributed by atoms with Crippen LogP contribution >= 0.6 is 0 Å². The van der Waals surface area contributed by atoms with Crippen molar-refractivity contribution in [3.63, 3.8) is 0 Å². The molecule has 0 aliphatic heterocycles. The molecule has 0 spiro atoms. The second-order valence-electron chi connectivity index (χ2n) is 11.1. The maximum atomic E-state index is 10.1. The van der Waals surface area contributed by atoms with Crippen molar-refractivity contribution in [2.45, 2.75) is 91.2 Å². The van der Waals surface area contributed by atoms with Crippen molar-refractivity contribution in [3.8, 4) is 11.4 Å². The highest BCUT2D eigenvalue weighted by Gasteiger charge is 2.50. The van der Waals surface area contributed by atoms with Gasteiger partial charge in [-0.2, -0.15) is 0 Å². The van der Waals surface area contributed by atoms with Gasteiger partial charge in [0.2, 0.25) is 0 Å². The number of rotatable bonds is 8. The number of aromatic nitrogens is 4. The minimum Gasteiger partial charge on any atom is -0.390 e. The van der Waals surface area contributed by atoms with E-state index in [9.17, 15) is 5.11 Å². The lowest BCUT2D eigenvalue weighted by molar-refractivity contribution is 0.0596. The Morgan fingerprint density at radius 2 is 2.12 bits per heavy atom. The van der Waals surface area contributed by atoms with Crippen molar-refractivity contribution >= 4 is 0 Å². The van der Waals surface area contributed by atoms with E-state index in [-0.39, 0.29) is 0 Å². The van der Waals surface area contributed by atoms with Crippen LogP contribution in [0.15, 0.2) is 42.2 Å². The molecule has 5 heteroatoms. The first-order valence-electron chi connectivity index (χ1n) is 12.5. The van der Waals surface area contributed by atoms with Gasteiger partial charge in [-0.25, -0.2) is 4.68 Å². The van der Waals surface area contributed by atoms with Crippen LogP contribution in [0.5, 0.6) is 0 Å². The summed E-state index contributed by atoms with van der Waals surface area (Å²) < 4.78 is 1.94. The molecule has 1 N–H and O–H groups in total. The Morgan fingerprint density at radius 3 is 2.88 bits per heavy atom. The van der Waals surface area contributed by atoms with Crippen LogP contribution in [-0.2, 0) is 6.54 Å². The molecule has 0 unspecified atom stereocenters. The summed E-state index contributed by atoms with van der Waals surface area (Å²) in [6.07, 6.45) is 16.0. The van der Waals surface area contributed by atoms with Crippen LogP contribution in [0, 0.1) is 23.2 Å². The number of pyridine rings is 1. The maximum absolute atomic E-state index is 10.1. The van der Waals surface area contributed by atoms with Gasteiger partial charge in [-0.1, -0.05) is 49.6 Å². The van der Waals surface area contributed by atoms with E-state index >= 15 is 0 Å². The van der Waals surface area contributed by atoms with E-state index < -0.39 is 5.60 Å². The topological polar surface area (TPSA) is 63.8 Å². The smallest absolute Gasteiger partial charge is 0.131 e. The first-order chi connectivity index (χ1) is 15.3. The Bertz CT molecular complexity index is 913. The van der Waals surface area contributed by atoms with Crippen molar-refractivity contribution in [1.82, 2.24) is 20.0 Å². The van der Waals surface area contributed by atoms with Gasteiger partial charge in [0.25, 0.3) is 0 Å². The Balaban J connectivity index is 1.40. The standard InChI is InChI=1S/C27H40N4O/c1-20(9-7-15-26(2,3)32)22-12-13-23-21(10-8-16-27(22,23)4)14-18-31-19-25(29-30-31)24-11-5-6-17-28-24/h5-6,11,14,17,19-20,22-23,32H,7-10,12-13,15-16,18H2,1-4H3/b21-14+/t20-,22-,23+,27-/m1/s1. The molecule has 2 saturated carbocycles. The van der Waals surface area contributed by atoms with Gasteiger partial charge >= 0.3 is 0 Å². The van der Waals surface area contributed by atoms with Gasteiger partial charge < -0.3 is 5.11 Å². The molecule has 4 rings (SSSR count). The maximum Gasteiger partial charge on any atom is 0.131 e. The zero-order valence-electron chi connectivity index (χ0n) is 20.3. The lowest BCUT2D eigenvalue weighted by Gasteiger charge is -2.44. The van der Waals surface area contributed by atoms with Crippen LogP contribution < -0.4 is 0 Å². The molecule has 2 fully saturated rings. The predicted octanol–water partition coefficient (Wildman–Crippen LogP) is 6.06. The number of hydrogen-bond acceptors (Lipinski definition) is 4. The Labute approximate surface area is 193 Å². The minimum atomic E-state index is -0.541. The summed E-state index contributed by atoms with van der Waals surface area (Å²) in [5.74, 6) is 2.22. The first-order valence-corrected chi connectivity index (χ1v) is 12.5. The van der Waals surface area contributed by atoms with Gasteiger partial charge in [0.05, 0.1) is 24.0 Å². The molecule has 2 aromatic rings. The van der Waals surface area contributed by atoms with E-state index in [1.165, 1.54) is 38.5 Å². The van der Waals surface area contributed by atoms with E-state index in [1.807, 2.05) is 42.9 Å². The SMILES string of the molecule is C[C@H](CCCC(C)(C)O)[C@H]1CC[C@H]2/C(=C/Cn3cc(-c4ccccn4)nn3)CCC[C@]12C. The van der Waals surface area contributed by atoms with Gasteiger partial charge in [-0.3, -0.25) is 4.98 Å². The van der Waals surface area contributed by atoms with Crippen molar-refractivity contribution in [2.75, 3.05) is 0 Å². The van der Waals surface area contributed by atoms with Crippen LogP contribution in [0.3, 0.4) is 0 Å². The highest BCUT2D eigenvalue weighted by atomic mass is 16.3. The van der Waals surface area contributed by atoms with Crippen molar-refractivity contribution in [1.29, 1.82) is 0 Å². The van der Waals surface area contributed by atoms with Crippen LogP contribution in [0.2, 0.25) is 0 Å². The summed E-state index contributed by atoms with van der Waals surface area (Å²) >= 11 is 0. The summed E-state index contributed by atoms with van der Waals surface area (Å²) in [6, 6.07) is 5.87. The fraction of sp³-hybridized carbons (Fsp3) is 0.667. The fourth-order valence-corrected chi connectivity index (χ4v) is 6.55. The molecule has 0 radical (unpaired) electrons. The molecule has 5 nitrogen and oxygen atoms in total. The predicted molar refractivity (Wildman–Crippen MR) is 129 cm³/mol. The molecule has 0 saturated heterocycles. The molecule has 2 aliphatic carbocycles. The fourth-order valence-electron chi connectivity index (χ4n) is 6.55. The van der Waals surface area contributed by atoms with Crippen molar-refractivity contribution < 1.29 is 5.11 Å². The quantitative estimate of drug-likeness (QED) is 0.511. The number of aliphatic hydroxyl groups is 1. The van der Waals surface area contributed by atoms with E-state index in [0.29, 0.717) is 11.3 Å². The molecule has 2 aromatic heterocycles. The monoisotopic (exact) mass is 436 g/mol. The normalized spacial score (nSPS) is 28.1. The summed E-state index contributed by atoms with van der Waals surface area (Å²) in [5.41, 5.74) is 3.21. The highest BCUT2D eigenvalue weighted by molar-refractivity contribution is 5.51. The lowest BCUT2D eigenvalue weighted by Crippen LogP contribution is -2.36. The largest absolute Gasteiger partial charge is 0.390 e. The zero-order valence-corrected chi connectivity index (χ0v) is 20.3. The highest BCUT2D eigenvalue weighted by Crippen LogP contribution is 2.59. The molecule has 2 heterocycles. The number of fused-ring (bicyclic) bond motifs is 1. The van der Waals surface area contributed by atoms with Gasteiger partial charge in [-0.05, 0) is 87.7 Å². The molecule has 32 heavy (non-hydrogen) atoms. The molecule has 2 aliphatic rings. The van der Waals surface area contributed by atoms with Crippen LogP contribution in [0.1, 0.15) is 79.1 Å². The number of nitrogens with zero attached hydrogens (tertiary/aromatic N) is 4. The minimum absolute atomic E-state index is 0.416. The molecule has 0 aromatic carbocycles. The van der Waals surface area contributed by atoms with Crippen molar-refractivity contribution in [3.05, 3.63) is 42.2 Å². The van der Waals surface area contributed by atoms with Gasteiger partial charge in [0.1, 0.15) is 5.69 Å². The summed E-state index contributed by atoms with van der Waals surface area (Å²) in [4.78, 5) is 4.38. The Hall–Kier alpha value is -2.01. The number of hydrogen-bond donors (Lipinski definition) is 1. The van der Waals surface area contributed by atoms with Crippen LogP contribution in [0.4, 0.5) is 0 Å². The van der Waals surface area contributed by atoms with Gasteiger partial charge in [0, 0.05) is 6.20 Å². The van der Waals surface area contributed by atoms with Crippen molar-refractivity contribution in [2.24, 2.45) is 23.2 Å². The average molecular weight is 437 g/mol. The van der Waals surface area contributed by atoms with E-state index in [0.717, 1.165) is 42.6 Å². The summed E-state index contributed by atoms with van der Waals surface area (Å²) in [6.45, 7) is 9.65. The molecule has 4 atom stereocenters. The summed E-state index contributed by atoms with van der Waals surface area (Å²) in [5, 5.41) is 18.7. The van der Waals surface area contributed by atoms with Crippen LogP contribution in [-0.4, -0.2) is 30.7 Å². The van der Waals surface area contributed by atoms with Gasteiger partial charge in [0.15, 0.2) is 0 Å². The third-order valence-electron chi connectivity index (χ3n) is 8.18. The van der Waals surface area contributed by atoms with E-state index in [2.05, 4.69) is 35.2 Å². The molecule has 0 bridgehead atoms. The van der Waals surface area contributed by atoms with Gasteiger partial charge in [-0.15, -0.1) is 5.10 Å². The molecule has 174 valence electrons. The Kier molecular flexibility index (Phi) is 6.85. The summed E-state index contributed by atoms with van der Waals surface area (Å²) in [7, 11) is 0. The first kappa shape index (κ1) is 23.2. The molecular weight excluding hydrogens is 396 g/mol. The Morgan fingerprint density at radius 1 is 1.28 bits per heavy atom. The second-order valence-corrected chi connectivity index (χ2v) is 11.1. The van der Waals surface area contributed by atoms with E-state index in [1.54, 1.807) is 11.8 Å². The zero-order chi connectivity index (χ0) is 22.8. The molecule has 0 amide bonds. The lowest BCUT2D eigenvalue weighted by atomic mass is 9.60. The third-order valence-corrected chi connectivity index (χ3v) is 8.18. The number of allylic oxidation sites excluding steroid dienone is 2. The van der Waals surface area contributed by atoms with E-state index in [4.69, 9.17) is 0 Å².